The number of hydrogen-bond acceptors (Lipinski definition) is 2. The second-order valence-corrected chi connectivity index (χ2v) is 5.36. The van der Waals surface area contributed by atoms with Crippen LogP contribution < -0.4 is 5.32 Å². The molecule has 0 saturated carbocycles. The lowest BCUT2D eigenvalue weighted by molar-refractivity contribution is 0.567. The monoisotopic (exact) mass is 297 g/mol. The summed E-state index contributed by atoms with van der Waals surface area (Å²) in [6.45, 7) is 4.23. The number of fused-ring (bicyclic) bond motifs is 1. The van der Waals surface area contributed by atoms with Crippen LogP contribution in [0.1, 0.15) is 24.7 Å². The van der Waals surface area contributed by atoms with Crippen LogP contribution in [0.15, 0.2) is 48.5 Å². The molecule has 0 aliphatic rings. The van der Waals surface area contributed by atoms with Crippen molar-refractivity contribution in [3.05, 3.63) is 65.7 Å². The van der Waals surface area contributed by atoms with Crippen LogP contribution in [-0.2, 0) is 19.6 Å². The van der Waals surface area contributed by atoms with Gasteiger partial charge in [0, 0.05) is 18.7 Å². The Morgan fingerprint density at radius 2 is 1.82 bits per heavy atom. The third-order valence-corrected chi connectivity index (χ3v) is 3.74. The average Bonchev–Trinajstić information content (AvgIpc) is 2.88. The number of aromatic nitrogens is 2. The fraction of sp³-hybridized carbons (Fsp3) is 0.278. The predicted molar refractivity (Wildman–Crippen MR) is 87.0 cm³/mol. The van der Waals surface area contributed by atoms with Gasteiger partial charge < -0.3 is 9.88 Å². The Labute approximate surface area is 129 Å². The number of halogens is 1. The maximum Gasteiger partial charge on any atom is 0.127 e. The second kappa shape index (κ2) is 6.71. The Kier molecular flexibility index (Phi) is 4.49. The minimum atomic E-state index is -0.169. The topological polar surface area (TPSA) is 29.9 Å². The molecule has 0 bridgehead atoms. The molecule has 0 fully saturated rings. The van der Waals surface area contributed by atoms with E-state index in [0.717, 1.165) is 29.8 Å². The Morgan fingerprint density at radius 1 is 1.05 bits per heavy atom. The van der Waals surface area contributed by atoms with Crippen LogP contribution in [0.5, 0.6) is 0 Å². The van der Waals surface area contributed by atoms with Gasteiger partial charge in [-0.15, -0.1) is 0 Å². The van der Waals surface area contributed by atoms with E-state index in [0.29, 0.717) is 18.7 Å². The largest absolute Gasteiger partial charge is 0.327 e. The van der Waals surface area contributed by atoms with E-state index in [-0.39, 0.29) is 5.82 Å². The van der Waals surface area contributed by atoms with Gasteiger partial charge in [-0.3, -0.25) is 0 Å². The summed E-state index contributed by atoms with van der Waals surface area (Å²) >= 11 is 0. The smallest absolute Gasteiger partial charge is 0.127 e. The highest BCUT2D eigenvalue weighted by atomic mass is 19.1. The summed E-state index contributed by atoms with van der Waals surface area (Å²) in [7, 11) is 0. The molecule has 0 atom stereocenters. The molecule has 1 N–H and O–H groups in total. The summed E-state index contributed by atoms with van der Waals surface area (Å²) < 4.78 is 15.9. The van der Waals surface area contributed by atoms with E-state index in [4.69, 9.17) is 4.98 Å². The highest BCUT2D eigenvalue weighted by molar-refractivity contribution is 5.75. The summed E-state index contributed by atoms with van der Waals surface area (Å²) in [5, 5.41) is 3.30. The molecular weight excluding hydrogens is 277 g/mol. The molecule has 0 unspecified atom stereocenters. The van der Waals surface area contributed by atoms with E-state index < -0.39 is 0 Å². The van der Waals surface area contributed by atoms with Crippen LogP contribution in [-0.4, -0.2) is 9.55 Å². The van der Waals surface area contributed by atoms with Gasteiger partial charge in [0.05, 0.1) is 17.6 Å². The van der Waals surface area contributed by atoms with Crippen molar-refractivity contribution in [2.24, 2.45) is 0 Å². The van der Waals surface area contributed by atoms with Crippen LogP contribution >= 0.6 is 0 Å². The molecule has 0 radical (unpaired) electrons. The lowest BCUT2D eigenvalue weighted by Crippen LogP contribution is -2.17. The fourth-order valence-electron chi connectivity index (χ4n) is 2.68. The number of para-hydroxylation sites is 2. The lowest BCUT2D eigenvalue weighted by atomic mass is 10.2. The normalized spacial score (nSPS) is 11.2. The van der Waals surface area contributed by atoms with Crippen molar-refractivity contribution in [1.29, 1.82) is 0 Å². The standard InChI is InChI=1S/C18H20FN3/c1-2-11-22-17-10-6-5-9-16(17)21-18(22)13-20-12-14-7-3-4-8-15(14)19/h3-10,20H,2,11-13H2,1H3. The summed E-state index contributed by atoms with van der Waals surface area (Å²) in [5.74, 6) is 0.830. The van der Waals surface area contributed by atoms with Gasteiger partial charge in [-0.2, -0.15) is 0 Å². The SMILES string of the molecule is CCCn1c(CNCc2ccccc2F)nc2ccccc21. The van der Waals surface area contributed by atoms with Gasteiger partial charge in [-0.1, -0.05) is 37.3 Å². The third-order valence-electron chi connectivity index (χ3n) is 3.74. The molecule has 3 nitrogen and oxygen atoms in total. The predicted octanol–water partition coefficient (Wildman–Crippen LogP) is 3.88. The first-order chi connectivity index (χ1) is 10.8. The first kappa shape index (κ1) is 14.7. The van der Waals surface area contributed by atoms with E-state index >= 15 is 0 Å². The molecular formula is C18H20FN3. The highest BCUT2D eigenvalue weighted by Crippen LogP contribution is 2.16. The molecule has 4 heteroatoms. The van der Waals surface area contributed by atoms with Crippen LogP contribution in [0.2, 0.25) is 0 Å². The molecule has 0 amide bonds. The Balaban J connectivity index is 1.76. The van der Waals surface area contributed by atoms with Crippen LogP contribution in [0.4, 0.5) is 4.39 Å². The molecule has 0 spiro atoms. The van der Waals surface area contributed by atoms with Crippen molar-refractivity contribution in [3.63, 3.8) is 0 Å². The van der Waals surface area contributed by atoms with E-state index in [9.17, 15) is 4.39 Å². The third kappa shape index (κ3) is 3.02. The maximum absolute atomic E-state index is 13.6. The molecule has 22 heavy (non-hydrogen) atoms. The van der Waals surface area contributed by atoms with Crippen molar-refractivity contribution in [2.45, 2.75) is 33.0 Å². The Morgan fingerprint density at radius 3 is 2.64 bits per heavy atom. The second-order valence-electron chi connectivity index (χ2n) is 5.36. The molecule has 1 aromatic heterocycles. The maximum atomic E-state index is 13.6. The number of nitrogens with one attached hydrogen (secondary N) is 1. The van der Waals surface area contributed by atoms with Gasteiger partial charge >= 0.3 is 0 Å². The fourth-order valence-corrected chi connectivity index (χ4v) is 2.68. The van der Waals surface area contributed by atoms with E-state index in [1.807, 2.05) is 24.3 Å². The number of hydrogen-bond donors (Lipinski definition) is 1. The van der Waals surface area contributed by atoms with Gasteiger partial charge in [-0.05, 0) is 24.6 Å². The van der Waals surface area contributed by atoms with Gasteiger partial charge in [0.15, 0.2) is 0 Å². The van der Waals surface area contributed by atoms with Gasteiger partial charge in [-0.25, -0.2) is 9.37 Å². The number of nitrogens with zero attached hydrogens (tertiary/aromatic N) is 2. The van der Waals surface area contributed by atoms with Crippen molar-refractivity contribution >= 4 is 11.0 Å². The van der Waals surface area contributed by atoms with Crippen LogP contribution in [0, 0.1) is 5.82 Å². The Hall–Kier alpha value is -2.20. The zero-order valence-corrected chi connectivity index (χ0v) is 12.7. The van der Waals surface area contributed by atoms with Crippen LogP contribution in [0.3, 0.4) is 0 Å². The molecule has 2 aromatic carbocycles. The zero-order chi connectivity index (χ0) is 15.4. The molecule has 0 aliphatic heterocycles. The molecule has 1 heterocycles. The van der Waals surface area contributed by atoms with Crippen molar-refractivity contribution in [3.8, 4) is 0 Å². The molecule has 3 aromatic rings. The quantitative estimate of drug-likeness (QED) is 0.748. The van der Waals surface area contributed by atoms with Gasteiger partial charge in [0.2, 0.25) is 0 Å². The lowest BCUT2D eigenvalue weighted by Gasteiger charge is -2.09. The molecule has 114 valence electrons. The van der Waals surface area contributed by atoms with Gasteiger partial charge in [0.25, 0.3) is 0 Å². The molecule has 3 rings (SSSR count). The molecule has 0 saturated heterocycles. The summed E-state index contributed by atoms with van der Waals surface area (Å²) in [5.41, 5.74) is 2.85. The molecule has 0 aliphatic carbocycles. The zero-order valence-electron chi connectivity index (χ0n) is 12.7. The van der Waals surface area contributed by atoms with Gasteiger partial charge in [0.1, 0.15) is 11.6 Å². The van der Waals surface area contributed by atoms with Crippen LogP contribution in [0.25, 0.3) is 11.0 Å². The number of imidazole rings is 1. The summed E-state index contributed by atoms with van der Waals surface area (Å²) in [6, 6.07) is 15.0. The van der Waals surface area contributed by atoms with Crippen molar-refractivity contribution in [1.82, 2.24) is 14.9 Å². The summed E-state index contributed by atoms with van der Waals surface area (Å²) in [4.78, 5) is 4.69. The van der Waals surface area contributed by atoms with E-state index in [2.05, 4.69) is 22.9 Å². The van der Waals surface area contributed by atoms with E-state index in [1.54, 1.807) is 12.1 Å². The average molecular weight is 297 g/mol. The number of aryl methyl sites for hydroxylation is 1. The number of benzene rings is 2. The minimum Gasteiger partial charge on any atom is -0.327 e. The summed E-state index contributed by atoms with van der Waals surface area (Å²) in [6.07, 6.45) is 1.06. The first-order valence-electron chi connectivity index (χ1n) is 7.68. The van der Waals surface area contributed by atoms with Crippen molar-refractivity contribution < 1.29 is 4.39 Å². The highest BCUT2D eigenvalue weighted by Gasteiger charge is 2.09. The minimum absolute atomic E-state index is 0.169. The first-order valence-corrected chi connectivity index (χ1v) is 7.68. The van der Waals surface area contributed by atoms with Crippen molar-refractivity contribution in [2.75, 3.05) is 0 Å². The number of rotatable bonds is 6. The van der Waals surface area contributed by atoms with E-state index in [1.165, 1.54) is 6.07 Å². The Bertz CT molecular complexity index is 764.